The van der Waals surface area contributed by atoms with Crippen LogP contribution in [0.2, 0.25) is 0 Å². The number of carboxylic acid groups (broad SMARTS) is 1. The first-order valence-corrected chi connectivity index (χ1v) is 7.57. The second-order valence-corrected chi connectivity index (χ2v) is 5.98. The molecule has 1 rings (SSSR count). The van der Waals surface area contributed by atoms with E-state index >= 15 is 0 Å². The zero-order chi connectivity index (χ0) is 16.7. The van der Waals surface area contributed by atoms with E-state index in [0.717, 1.165) is 6.42 Å². The maximum absolute atomic E-state index is 12.4. The number of hydrogen-bond acceptors (Lipinski definition) is 3. The quantitative estimate of drug-likeness (QED) is 0.801. The molecule has 5 heteroatoms. The summed E-state index contributed by atoms with van der Waals surface area (Å²) in [6.45, 7) is 8.20. The van der Waals surface area contributed by atoms with Crippen molar-refractivity contribution in [1.29, 1.82) is 0 Å². The number of carbonyl (C=O) groups excluding carboxylic acids is 1. The van der Waals surface area contributed by atoms with E-state index in [1.54, 1.807) is 38.1 Å². The van der Waals surface area contributed by atoms with Crippen molar-refractivity contribution >= 4 is 11.9 Å². The molecule has 0 aliphatic rings. The van der Waals surface area contributed by atoms with Gasteiger partial charge in [0, 0.05) is 11.6 Å². The molecule has 0 unspecified atom stereocenters. The van der Waals surface area contributed by atoms with Crippen LogP contribution in [0.4, 0.5) is 0 Å². The highest BCUT2D eigenvalue weighted by Gasteiger charge is 2.21. The van der Waals surface area contributed by atoms with Gasteiger partial charge < -0.3 is 14.7 Å². The number of nitrogens with zero attached hydrogens (tertiary/aromatic N) is 1. The maximum atomic E-state index is 12.4. The molecule has 0 aromatic heterocycles. The van der Waals surface area contributed by atoms with Gasteiger partial charge in [0.15, 0.2) is 0 Å². The topological polar surface area (TPSA) is 66.8 Å². The zero-order valence-electron chi connectivity index (χ0n) is 13.7. The molecule has 0 saturated carbocycles. The van der Waals surface area contributed by atoms with Gasteiger partial charge >= 0.3 is 5.97 Å². The summed E-state index contributed by atoms with van der Waals surface area (Å²) in [7, 11) is 0. The third-order valence-electron chi connectivity index (χ3n) is 3.26. The summed E-state index contributed by atoms with van der Waals surface area (Å²) in [5.74, 6) is -0.00943. The van der Waals surface area contributed by atoms with Crippen LogP contribution in [0.5, 0.6) is 5.75 Å². The molecule has 0 radical (unpaired) electrons. The monoisotopic (exact) mass is 307 g/mol. The van der Waals surface area contributed by atoms with Gasteiger partial charge in [0.25, 0.3) is 5.91 Å². The minimum atomic E-state index is -1.02. The fraction of sp³-hybridized carbons (Fsp3) is 0.529. The van der Waals surface area contributed by atoms with Crippen LogP contribution >= 0.6 is 0 Å². The SMILES string of the molecule is CC(C)CCOc1ccc(C(=O)N(CC(=O)O)C(C)C)cc1. The van der Waals surface area contributed by atoms with E-state index < -0.39 is 5.97 Å². The van der Waals surface area contributed by atoms with Crippen LogP contribution in [-0.4, -0.2) is 41.1 Å². The first kappa shape index (κ1) is 18.0. The molecule has 0 atom stereocenters. The van der Waals surface area contributed by atoms with Crippen molar-refractivity contribution in [3.8, 4) is 5.75 Å². The molecule has 0 saturated heterocycles. The summed E-state index contributed by atoms with van der Waals surface area (Å²) in [6.07, 6.45) is 0.973. The number of carbonyl (C=O) groups is 2. The van der Waals surface area contributed by atoms with Gasteiger partial charge in [-0.2, -0.15) is 0 Å². The maximum Gasteiger partial charge on any atom is 0.323 e. The van der Waals surface area contributed by atoms with Crippen molar-refractivity contribution in [2.45, 2.75) is 40.2 Å². The number of amides is 1. The van der Waals surface area contributed by atoms with E-state index in [2.05, 4.69) is 13.8 Å². The smallest absolute Gasteiger partial charge is 0.323 e. The molecule has 1 N–H and O–H groups in total. The molecule has 1 aromatic carbocycles. The number of hydrogen-bond donors (Lipinski definition) is 1. The van der Waals surface area contributed by atoms with E-state index in [-0.39, 0.29) is 18.5 Å². The second kappa shape index (κ2) is 8.41. The number of aliphatic carboxylic acids is 1. The molecule has 0 fully saturated rings. The Morgan fingerprint density at radius 3 is 2.18 bits per heavy atom. The van der Waals surface area contributed by atoms with E-state index in [1.165, 1.54) is 4.90 Å². The molecule has 0 heterocycles. The number of benzene rings is 1. The highest BCUT2D eigenvalue weighted by Crippen LogP contribution is 2.15. The van der Waals surface area contributed by atoms with Gasteiger partial charge in [-0.25, -0.2) is 0 Å². The average molecular weight is 307 g/mol. The zero-order valence-corrected chi connectivity index (χ0v) is 13.7. The summed E-state index contributed by atoms with van der Waals surface area (Å²) in [4.78, 5) is 24.6. The van der Waals surface area contributed by atoms with E-state index in [9.17, 15) is 9.59 Å². The molecule has 122 valence electrons. The van der Waals surface area contributed by atoms with Crippen molar-refractivity contribution in [2.24, 2.45) is 5.92 Å². The van der Waals surface area contributed by atoms with Gasteiger partial charge in [0.1, 0.15) is 12.3 Å². The van der Waals surface area contributed by atoms with Gasteiger partial charge in [-0.3, -0.25) is 9.59 Å². The van der Waals surface area contributed by atoms with Crippen LogP contribution in [0.1, 0.15) is 44.5 Å². The Bertz CT molecular complexity index is 494. The lowest BCUT2D eigenvalue weighted by molar-refractivity contribution is -0.138. The Balaban J connectivity index is 2.71. The molecular formula is C17H25NO4. The Labute approximate surface area is 131 Å². The molecule has 0 aliphatic heterocycles. The highest BCUT2D eigenvalue weighted by molar-refractivity contribution is 5.96. The Kier molecular flexibility index (Phi) is 6.89. The van der Waals surface area contributed by atoms with Crippen LogP contribution in [0.3, 0.4) is 0 Å². The van der Waals surface area contributed by atoms with Crippen molar-refractivity contribution in [3.63, 3.8) is 0 Å². The summed E-state index contributed by atoms with van der Waals surface area (Å²) in [5.41, 5.74) is 0.464. The van der Waals surface area contributed by atoms with Crippen LogP contribution in [0, 0.1) is 5.92 Å². The normalized spacial score (nSPS) is 10.8. The fourth-order valence-corrected chi connectivity index (χ4v) is 1.91. The molecule has 1 amide bonds. The first-order chi connectivity index (χ1) is 10.3. The minimum Gasteiger partial charge on any atom is -0.494 e. The predicted molar refractivity (Wildman–Crippen MR) is 85.2 cm³/mol. The third kappa shape index (κ3) is 5.76. The fourth-order valence-electron chi connectivity index (χ4n) is 1.91. The third-order valence-corrected chi connectivity index (χ3v) is 3.26. The van der Waals surface area contributed by atoms with Crippen LogP contribution < -0.4 is 4.74 Å². The lowest BCUT2D eigenvalue weighted by Gasteiger charge is -2.25. The van der Waals surface area contributed by atoms with Gasteiger partial charge in [-0.1, -0.05) is 13.8 Å². The summed E-state index contributed by atoms with van der Waals surface area (Å²) in [6, 6.07) is 6.65. The second-order valence-electron chi connectivity index (χ2n) is 5.98. The van der Waals surface area contributed by atoms with Crippen LogP contribution in [-0.2, 0) is 4.79 Å². The Morgan fingerprint density at radius 2 is 1.73 bits per heavy atom. The molecule has 0 aliphatic carbocycles. The standard InChI is InChI=1S/C17H25NO4/c1-12(2)9-10-22-15-7-5-14(6-8-15)17(21)18(13(3)4)11-16(19)20/h5-8,12-13H,9-11H2,1-4H3,(H,19,20). The summed E-state index contributed by atoms with van der Waals surface area (Å²) >= 11 is 0. The van der Waals surface area contributed by atoms with Crippen molar-refractivity contribution in [2.75, 3.05) is 13.2 Å². The van der Waals surface area contributed by atoms with E-state index in [4.69, 9.17) is 9.84 Å². The van der Waals surface area contributed by atoms with Crippen LogP contribution in [0.15, 0.2) is 24.3 Å². The van der Waals surface area contributed by atoms with E-state index in [1.807, 2.05) is 0 Å². The van der Waals surface area contributed by atoms with Gasteiger partial charge in [-0.05, 0) is 50.5 Å². The van der Waals surface area contributed by atoms with E-state index in [0.29, 0.717) is 23.8 Å². The highest BCUT2D eigenvalue weighted by atomic mass is 16.5. The number of rotatable bonds is 8. The summed E-state index contributed by atoms with van der Waals surface area (Å²) in [5, 5.41) is 8.90. The largest absolute Gasteiger partial charge is 0.494 e. The molecule has 0 bridgehead atoms. The lowest BCUT2D eigenvalue weighted by atomic mass is 10.1. The minimum absolute atomic E-state index is 0.175. The summed E-state index contributed by atoms with van der Waals surface area (Å²) < 4.78 is 5.61. The number of carboxylic acids is 1. The number of ether oxygens (including phenoxy) is 1. The van der Waals surface area contributed by atoms with Gasteiger partial charge in [0.2, 0.25) is 0 Å². The molecule has 0 spiro atoms. The Morgan fingerprint density at radius 1 is 1.14 bits per heavy atom. The van der Waals surface area contributed by atoms with Gasteiger partial charge in [-0.15, -0.1) is 0 Å². The molecule has 5 nitrogen and oxygen atoms in total. The molecule has 22 heavy (non-hydrogen) atoms. The van der Waals surface area contributed by atoms with Crippen molar-refractivity contribution < 1.29 is 19.4 Å². The van der Waals surface area contributed by atoms with Gasteiger partial charge in [0.05, 0.1) is 6.61 Å². The Hall–Kier alpha value is -2.04. The van der Waals surface area contributed by atoms with Crippen molar-refractivity contribution in [1.82, 2.24) is 4.90 Å². The first-order valence-electron chi connectivity index (χ1n) is 7.57. The lowest BCUT2D eigenvalue weighted by Crippen LogP contribution is -2.40. The molecular weight excluding hydrogens is 282 g/mol. The van der Waals surface area contributed by atoms with Crippen molar-refractivity contribution in [3.05, 3.63) is 29.8 Å². The molecule has 1 aromatic rings. The predicted octanol–water partition coefficient (Wildman–Crippen LogP) is 3.05. The average Bonchev–Trinajstić information content (AvgIpc) is 2.44. The van der Waals surface area contributed by atoms with Crippen LogP contribution in [0.25, 0.3) is 0 Å².